The molecule has 3 nitrogen and oxygen atoms in total. The van der Waals surface area contributed by atoms with Crippen LogP contribution in [-0.4, -0.2) is 16.9 Å². The zero-order valence-corrected chi connectivity index (χ0v) is 5.57. The average Bonchev–Trinajstić information content (AvgIpc) is 1.88. The third-order valence-electron chi connectivity index (χ3n) is 1.25. The van der Waals surface area contributed by atoms with Gasteiger partial charge < -0.3 is 5.11 Å². The first-order chi connectivity index (χ1) is 4.83. The molecular formula is C7H10NO2+. The lowest BCUT2D eigenvalue weighted by Gasteiger charge is -1.91. The van der Waals surface area contributed by atoms with Crippen molar-refractivity contribution in [3.05, 3.63) is 30.1 Å². The van der Waals surface area contributed by atoms with E-state index in [9.17, 15) is 0 Å². The van der Waals surface area contributed by atoms with Gasteiger partial charge in [0.2, 0.25) is 12.4 Å². The van der Waals surface area contributed by atoms with Crippen molar-refractivity contribution in [1.29, 1.82) is 0 Å². The third kappa shape index (κ3) is 1.70. The lowest BCUT2D eigenvalue weighted by atomic mass is 10.2. The van der Waals surface area contributed by atoms with Crippen molar-refractivity contribution in [3.8, 4) is 0 Å². The summed E-state index contributed by atoms with van der Waals surface area (Å²) in [6, 6.07) is 3.58. The molecule has 0 aliphatic rings. The number of rotatable bonds is 2. The van der Waals surface area contributed by atoms with Crippen molar-refractivity contribution in [2.75, 3.05) is 6.61 Å². The molecule has 3 heteroatoms. The van der Waals surface area contributed by atoms with Crippen LogP contribution in [0.5, 0.6) is 0 Å². The Balaban J connectivity index is 2.75. The maximum Gasteiger partial charge on any atom is 0.225 e. The number of hydrogen-bond acceptors (Lipinski definition) is 2. The summed E-state index contributed by atoms with van der Waals surface area (Å²) in [7, 11) is 0. The summed E-state index contributed by atoms with van der Waals surface area (Å²) in [6.07, 6.45) is 3.68. The highest BCUT2D eigenvalue weighted by atomic mass is 16.5. The van der Waals surface area contributed by atoms with Crippen LogP contribution in [0.2, 0.25) is 0 Å². The number of aromatic nitrogens is 1. The minimum absolute atomic E-state index is 0.115. The van der Waals surface area contributed by atoms with Gasteiger partial charge in [-0.3, -0.25) is 5.21 Å². The van der Waals surface area contributed by atoms with Crippen molar-refractivity contribution < 1.29 is 15.0 Å². The van der Waals surface area contributed by atoms with Crippen LogP contribution in [0.1, 0.15) is 5.56 Å². The minimum Gasteiger partial charge on any atom is -0.396 e. The first-order valence-corrected chi connectivity index (χ1v) is 3.13. The number of aliphatic hydroxyl groups excluding tert-OH is 1. The molecule has 0 unspecified atom stereocenters. The summed E-state index contributed by atoms with van der Waals surface area (Å²) in [5.74, 6) is 0. The number of hydrogen-bond donors (Lipinski definition) is 2. The maximum absolute atomic E-state index is 8.87. The maximum atomic E-state index is 8.87. The molecule has 0 atom stereocenters. The molecule has 0 fully saturated rings. The lowest BCUT2D eigenvalue weighted by molar-refractivity contribution is -0.905. The van der Waals surface area contributed by atoms with Gasteiger partial charge >= 0.3 is 0 Å². The van der Waals surface area contributed by atoms with Gasteiger partial charge in [-0.2, -0.15) is 0 Å². The molecule has 2 N–H and O–H groups in total. The van der Waals surface area contributed by atoms with E-state index in [0.717, 1.165) is 10.3 Å². The number of nitrogens with zero attached hydrogens (tertiary/aromatic N) is 1. The first-order valence-electron chi connectivity index (χ1n) is 3.13. The topological polar surface area (TPSA) is 44.3 Å². The fourth-order valence-electron chi connectivity index (χ4n) is 0.788. The molecular weight excluding hydrogens is 130 g/mol. The molecule has 1 aromatic rings. The highest BCUT2D eigenvalue weighted by Crippen LogP contribution is 1.93. The van der Waals surface area contributed by atoms with Gasteiger partial charge in [0.15, 0.2) is 0 Å². The highest BCUT2D eigenvalue weighted by molar-refractivity contribution is 5.04. The first kappa shape index (κ1) is 7.02. The second kappa shape index (κ2) is 3.17. The van der Waals surface area contributed by atoms with Gasteiger partial charge in [0, 0.05) is 29.4 Å². The summed E-state index contributed by atoms with van der Waals surface area (Å²) >= 11 is 0. The fraction of sp³-hybridized carbons (Fsp3) is 0.286. The Morgan fingerprint density at radius 2 is 2.30 bits per heavy atom. The zero-order chi connectivity index (χ0) is 7.40. The number of aliphatic hydroxyl groups is 1. The zero-order valence-electron chi connectivity index (χ0n) is 5.57. The second-order valence-corrected chi connectivity index (χ2v) is 2.07. The van der Waals surface area contributed by atoms with Crippen LogP contribution in [-0.2, 0) is 6.42 Å². The quantitative estimate of drug-likeness (QED) is 0.439. The van der Waals surface area contributed by atoms with Gasteiger partial charge in [0.05, 0.1) is 0 Å². The standard InChI is InChI=1S/C7H10NO2/c9-5-3-7-2-1-4-8(10)6-7/h1-2,4,6,9-10H,3,5H2/q+1. The van der Waals surface area contributed by atoms with Gasteiger partial charge in [-0.1, -0.05) is 0 Å². The molecule has 0 amide bonds. The molecule has 0 bridgehead atoms. The molecule has 0 radical (unpaired) electrons. The predicted molar refractivity (Wildman–Crippen MR) is 34.6 cm³/mol. The van der Waals surface area contributed by atoms with Crippen LogP contribution in [0.25, 0.3) is 0 Å². The van der Waals surface area contributed by atoms with Gasteiger partial charge in [0.25, 0.3) is 0 Å². The Morgan fingerprint density at radius 1 is 1.50 bits per heavy atom. The van der Waals surface area contributed by atoms with E-state index in [1.807, 2.05) is 6.07 Å². The van der Waals surface area contributed by atoms with Crippen LogP contribution in [0.15, 0.2) is 24.5 Å². The van der Waals surface area contributed by atoms with Crippen LogP contribution in [0.3, 0.4) is 0 Å². The summed E-state index contributed by atoms with van der Waals surface area (Å²) in [6.45, 7) is 0.115. The Bertz CT molecular complexity index is 213. The van der Waals surface area contributed by atoms with Crippen molar-refractivity contribution in [3.63, 3.8) is 0 Å². The highest BCUT2D eigenvalue weighted by Gasteiger charge is 1.97. The van der Waals surface area contributed by atoms with Crippen molar-refractivity contribution >= 4 is 0 Å². The molecule has 1 aromatic heterocycles. The summed E-state index contributed by atoms with van der Waals surface area (Å²) in [5.41, 5.74) is 0.924. The van der Waals surface area contributed by atoms with Crippen molar-refractivity contribution in [2.45, 2.75) is 6.42 Å². The van der Waals surface area contributed by atoms with E-state index in [4.69, 9.17) is 10.3 Å². The van der Waals surface area contributed by atoms with E-state index in [1.54, 1.807) is 12.3 Å². The normalized spacial score (nSPS) is 9.70. The monoisotopic (exact) mass is 140 g/mol. The molecule has 1 heterocycles. The molecule has 0 aromatic carbocycles. The third-order valence-corrected chi connectivity index (χ3v) is 1.25. The molecule has 10 heavy (non-hydrogen) atoms. The molecule has 54 valence electrons. The molecule has 1 rings (SSSR count). The van der Waals surface area contributed by atoms with Crippen LogP contribution in [0.4, 0.5) is 0 Å². The minimum atomic E-state index is 0.115. The molecule has 0 saturated carbocycles. The Labute approximate surface area is 59.1 Å². The lowest BCUT2D eigenvalue weighted by Crippen LogP contribution is -2.28. The molecule has 0 spiro atoms. The Morgan fingerprint density at radius 3 is 2.90 bits per heavy atom. The van der Waals surface area contributed by atoms with Crippen LogP contribution >= 0.6 is 0 Å². The molecule has 0 aliphatic heterocycles. The fourth-order valence-corrected chi connectivity index (χ4v) is 0.788. The van der Waals surface area contributed by atoms with E-state index in [-0.39, 0.29) is 6.61 Å². The van der Waals surface area contributed by atoms with Crippen LogP contribution < -0.4 is 4.73 Å². The van der Waals surface area contributed by atoms with E-state index in [2.05, 4.69) is 0 Å². The van der Waals surface area contributed by atoms with Crippen molar-refractivity contribution in [2.24, 2.45) is 0 Å². The molecule has 0 aliphatic carbocycles. The molecule has 0 saturated heterocycles. The van der Waals surface area contributed by atoms with Gasteiger partial charge in [0.1, 0.15) is 0 Å². The summed E-state index contributed by atoms with van der Waals surface area (Å²) in [4.78, 5) is 0. The summed E-state index contributed by atoms with van der Waals surface area (Å²) < 4.78 is 0.977. The van der Waals surface area contributed by atoms with E-state index >= 15 is 0 Å². The smallest absolute Gasteiger partial charge is 0.225 e. The van der Waals surface area contributed by atoms with Crippen molar-refractivity contribution in [1.82, 2.24) is 0 Å². The number of pyridine rings is 1. The van der Waals surface area contributed by atoms with E-state index < -0.39 is 0 Å². The Kier molecular flexibility index (Phi) is 2.23. The average molecular weight is 140 g/mol. The summed E-state index contributed by atoms with van der Waals surface area (Å²) in [5, 5.41) is 17.4. The van der Waals surface area contributed by atoms with E-state index in [0.29, 0.717) is 6.42 Å². The van der Waals surface area contributed by atoms with Gasteiger partial charge in [-0.15, -0.1) is 0 Å². The SMILES string of the molecule is OCCc1ccc[n+](O)c1. The Hall–Kier alpha value is -1.09. The predicted octanol–water partition coefficient (Wildman–Crippen LogP) is -0.254. The largest absolute Gasteiger partial charge is 0.396 e. The van der Waals surface area contributed by atoms with E-state index in [1.165, 1.54) is 6.20 Å². The van der Waals surface area contributed by atoms with Gasteiger partial charge in [-0.25, -0.2) is 0 Å². The second-order valence-electron chi connectivity index (χ2n) is 2.07. The van der Waals surface area contributed by atoms with Gasteiger partial charge in [-0.05, 0) is 6.07 Å². The van der Waals surface area contributed by atoms with Crippen LogP contribution in [0, 0.1) is 0 Å².